The summed E-state index contributed by atoms with van der Waals surface area (Å²) in [6.45, 7) is 2.02. The van der Waals surface area contributed by atoms with Gasteiger partial charge in [0, 0.05) is 5.97 Å². The van der Waals surface area contributed by atoms with Crippen LogP contribution in [-0.2, 0) is 4.79 Å². The Morgan fingerprint density at radius 2 is 1.27 bits per heavy atom. The molecule has 3 nitrogen and oxygen atoms in total. The average molecular weight is 395 g/mol. The molecule has 0 amide bonds. The first kappa shape index (κ1) is 31.0. The summed E-state index contributed by atoms with van der Waals surface area (Å²) >= 11 is 0. The van der Waals surface area contributed by atoms with Gasteiger partial charge >= 0.3 is 29.6 Å². The average Bonchev–Trinajstić information content (AvgIpc) is 2.57. The Hall–Kier alpha value is 0.260. The molecule has 0 radical (unpaired) electrons. The topological polar surface area (TPSA) is 60.4 Å². The molecule has 0 aromatic carbocycles. The van der Waals surface area contributed by atoms with Gasteiger partial charge in [0.15, 0.2) is 0 Å². The molecule has 1 N–H and O–H groups in total. The minimum absolute atomic E-state index is 0. The first-order valence-corrected chi connectivity index (χ1v) is 9.84. The summed E-state index contributed by atoms with van der Waals surface area (Å²) < 4.78 is 0. The second-order valence-corrected chi connectivity index (χ2v) is 6.55. The quantitative estimate of drug-likeness (QED) is 0.233. The summed E-state index contributed by atoms with van der Waals surface area (Å²) in [7, 11) is 0. The normalized spacial score (nSPS) is 12.1. The van der Waals surface area contributed by atoms with Crippen LogP contribution in [0.2, 0.25) is 0 Å². The summed E-state index contributed by atoms with van der Waals surface area (Å²) in [6.07, 6.45) is 23.0. The van der Waals surface area contributed by atoms with Crippen molar-refractivity contribution in [2.45, 2.75) is 103 Å². The van der Waals surface area contributed by atoms with Crippen LogP contribution in [0, 0.1) is 0 Å². The van der Waals surface area contributed by atoms with Crippen LogP contribution in [0.4, 0.5) is 0 Å². The van der Waals surface area contributed by atoms with Crippen LogP contribution >= 0.6 is 13.5 Å². The Morgan fingerprint density at radius 3 is 1.73 bits per heavy atom. The first-order valence-electron chi connectivity index (χ1n) is 9.84. The summed E-state index contributed by atoms with van der Waals surface area (Å²) in [5.41, 5.74) is 0. The smallest absolute Gasteiger partial charge is 0.550 e. The molecule has 0 aliphatic rings. The van der Waals surface area contributed by atoms with E-state index in [-0.39, 0.29) is 55.6 Å². The second-order valence-electron chi connectivity index (χ2n) is 6.55. The van der Waals surface area contributed by atoms with E-state index in [1.54, 1.807) is 0 Å². The van der Waals surface area contributed by atoms with Gasteiger partial charge < -0.3 is 15.0 Å². The van der Waals surface area contributed by atoms with Gasteiger partial charge in [-0.25, -0.2) is 0 Å². The van der Waals surface area contributed by atoms with E-state index < -0.39 is 5.97 Å². The number of carboxylic acids is 1. The molecule has 0 aliphatic heterocycles. The van der Waals surface area contributed by atoms with Gasteiger partial charge in [0.2, 0.25) is 0 Å². The van der Waals surface area contributed by atoms with E-state index in [0.29, 0.717) is 6.42 Å². The Balaban J connectivity index is -0.00000264. The van der Waals surface area contributed by atoms with Gasteiger partial charge in [-0.3, -0.25) is 0 Å². The largest absolute Gasteiger partial charge is 1.00 e. The molecule has 0 rings (SSSR count). The van der Waals surface area contributed by atoms with E-state index >= 15 is 0 Å². The fourth-order valence-corrected chi connectivity index (χ4v) is 2.57. The van der Waals surface area contributed by atoms with Crippen molar-refractivity contribution < 1.29 is 44.6 Å². The third-order valence-electron chi connectivity index (χ3n) is 4.21. The van der Waals surface area contributed by atoms with E-state index in [2.05, 4.69) is 24.3 Å². The number of hydrogen-bond donors (Lipinski definition) is 1. The molecule has 0 heterocycles. The molecule has 26 heavy (non-hydrogen) atoms. The number of carbonyl (C=O) groups is 1. The summed E-state index contributed by atoms with van der Waals surface area (Å²) in [5.74, 6) is -0.950. The third kappa shape index (κ3) is 26.5. The van der Waals surface area contributed by atoms with Crippen molar-refractivity contribution in [3.8, 4) is 0 Å². The van der Waals surface area contributed by atoms with Gasteiger partial charge in [-0.15, -0.1) is 0 Å². The molecule has 0 aromatic rings. The van der Waals surface area contributed by atoms with Crippen molar-refractivity contribution in [3.05, 3.63) is 24.3 Å². The predicted molar refractivity (Wildman–Crippen MR) is 110 cm³/mol. The van der Waals surface area contributed by atoms with Crippen LogP contribution in [0.1, 0.15) is 96.8 Å². The summed E-state index contributed by atoms with van der Waals surface area (Å²) in [4.78, 5) is 10.2. The van der Waals surface area contributed by atoms with Gasteiger partial charge in [-0.05, 0) is 70.6 Å². The molecule has 0 unspecified atom stereocenters. The fourth-order valence-electron chi connectivity index (χ4n) is 2.57. The maximum Gasteiger partial charge on any atom is 1.00 e. The number of allylic oxidation sites excluding steroid dienone is 4. The number of aliphatic hydroxyl groups is 1. The van der Waals surface area contributed by atoms with Crippen LogP contribution in [0.3, 0.4) is 0 Å². The maximum absolute atomic E-state index is 10.2. The molecule has 0 bridgehead atoms. The monoisotopic (exact) mass is 394 g/mol. The van der Waals surface area contributed by atoms with Crippen molar-refractivity contribution in [2.75, 3.05) is 0 Å². The number of aliphatic carboxylic acids is 1. The molecule has 0 fully saturated rings. The Morgan fingerprint density at radius 1 is 0.846 bits per heavy atom. The number of aliphatic hydroxyl groups excluding tert-OH is 1. The molecule has 0 aliphatic carbocycles. The molecular formula is C21H39NaO3S. The van der Waals surface area contributed by atoms with Crippen LogP contribution in [0.15, 0.2) is 24.3 Å². The first-order chi connectivity index (χ1) is 11.7. The van der Waals surface area contributed by atoms with Crippen LogP contribution in [-0.4, -0.2) is 17.2 Å². The van der Waals surface area contributed by atoms with E-state index in [4.69, 9.17) is 0 Å². The van der Waals surface area contributed by atoms with Crippen molar-refractivity contribution >= 4 is 19.5 Å². The van der Waals surface area contributed by atoms with Crippen molar-refractivity contribution in [2.24, 2.45) is 0 Å². The summed E-state index contributed by atoms with van der Waals surface area (Å²) in [5, 5.41) is 19.7. The molecule has 0 spiro atoms. The zero-order valence-electron chi connectivity index (χ0n) is 17.0. The van der Waals surface area contributed by atoms with E-state index in [0.717, 1.165) is 38.5 Å². The standard InChI is InChI=1S/C21H38O3.Na.H2S/c1-2-20(22)18-16-14-12-10-8-6-4-3-5-7-9-11-13-15-17-19-21(23)24;;/h10-13,20,22H,2-9,14-19H2,1H3,(H,23,24);;1H2/q;+1;/p-1/b12-10-,13-11-;;/t20-;;/m1../s1. The molecular weight excluding hydrogens is 355 g/mol. The van der Waals surface area contributed by atoms with Gasteiger partial charge in [0.1, 0.15) is 0 Å². The van der Waals surface area contributed by atoms with Crippen molar-refractivity contribution in [1.29, 1.82) is 0 Å². The van der Waals surface area contributed by atoms with Crippen LogP contribution < -0.4 is 34.7 Å². The molecule has 148 valence electrons. The molecule has 1 atom stereocenters. The zero-order chi connectivity index (χ0) is 17.9. The second kappa shape index (κ2) is 25.3. The van der Waals surface area contributed by atoms with Gasteiger partial charge in [0.05, 0.1) is 6.10 Å². The fraction of sp³-hybridized carbons (Fsp3) is 0.762. The Kier molecular flexibility index (Phi) is 30.1. The zero-order valence-corrected chi connectivity index (χ0v) is 20.0. The molecule has 0 aromatic heterocycles. The van der Waals surface area contributed by atoms with Gasteiger partial charge in [-0.2, -0.15) is 13.5 Å². The van der Waals surface area contributed by atoms with Crippen molar-refractivity contribution in [3.63, 3.8) is 0 Å². The number of carbonyl (C=O) groups excluding carboxylic acids is 1. The Labute approximate surface area is 190 Å². The van der Waals surface area contributed by atoms with Crippen LogP contribution in [0.5, 0.6) is 0 Å². The third-order valence-corrected chi connectivity index (χ3v) is 4.21. The summed E-state index contributed by atoms with van der Waals surface area (Å²) in [6, 6.07) is 0. The number of carboxylic acid groups (broad SMARTS) is 1. The van der Waals surface area contributed by atoms with E-state index in [1.165, 1.54) is 38.5 Å². The van der Waals surface area contributed by atoms with Crippen molar-refractivity contribution in [1.82, 2.24) is 0 Å². The number of unbranched alkanes of at least 4 members (excludes halogenated alkanes) is 8. The minimum atomic E-state index is -0.950. The van der Waals surface area contributed by atoms with Gasteiger partial charge in [-0.1, -0.05) is 50.5 Å². The predicted octanol–water partition coefficient (Wildman–Crippen LogP) is 1.81. The van der Waals surface area contributed by atoms with Crippen LogP contribution in [0.25, 0.3) is 0 Å². The minimum Gasteiger partial charge on any atom is -0.550 e. The maximum atomic E-state index is 10.2. The number of hydrogen-bond acceptors (Lipinski definition) is 3. The molecule has 0 saturated heterocycles. The molecule has 0 saturated carbocycles. The van der Waals surface area contributed by atoms with E-state index in [1.807, 2.05) is 6.92 Å². The SMILES string of the molecule is CC[C@@H](O)CCC/C=C\CCCCCCC/C=C\CCCC(=O)[O-].S.[Na+]. The number of rotatable bonds is 17. The Bertz CT molecular complexity index is 346. The molecule has 5 heteroatoms. The van der Waals surface area contributed by atoms with Gasteiger partial charge in [0.25, 0.3) is 0 Å². The van der Waals surface area contributed by atoms with E-state index in [9.17, 15) is 15.0 Å².